The van der Waals surface area contributed by atoms with E-state index in [1.807, 2.05) is 13.8 Å². The van der Waals surface area contributed by atoms with E-state index in [9.17, 15) is 17.6 Å². The van der Waals surface area contributed by atoms with Crippen molar-refractivity contribution in [3.63, 3.8) is 0 Å². The van der Waals surface area contributed by atoms with E-state index in [2.05, 4.69) is 21.0 Å². The molecular formula is C17H20BrFN4O3S. The number of aryl methyl sites for hydroxylation is 1. The van der Waals surface area contributed by atoms with Gasteiger partial charge in [0.25, 0.3) is 0 Å². The summed E-state index contributed by atoms with van der Waals surface area (Å²) in [5, 5.41) is 4.33. The molecule has 1 fully saturated rings. The van der Waals surface area contributed by atoms with E-state index in [0.717, 1.165) is 21.9 Å². The van der Waals surface area contributed by atoms with Gasteiger partial charge in [0, 0.05) is 26.2 Å². The Morgan fingerprint density at radius 1 is 1.22 bits per heavy atom. The summed E-state index contributed by atoms with van der Waals surface area (Å²) < 4.78 is 42.4. The molecule has 1 aliphatic rings. The average Bonchev–Trinajstić information content (AvgIpc) is 2.88. The van der Waals surface area contributed by atoms with Crippen LogP contribution in [0.2, 0.25) is 0 Å². The molecule has 1 amide bonds. The number of hydrogen-bond acceptors (Lipinski definition) is 4. The second-order valence-electron chi connectivity index (χ2n) is 6.38. The van der Waals surface area contributed by atoms with Crippen LogP contribution in [0, 0.1) is 19.7 Å². The predicted molar refractivity (Wildman–Crippen MR) is 101 cm³/mol. The summed E-state index contributed by atoms with van der Waals surface area (Å²) >= 11 is 3.43. The fraction of sp³-hybridized carbons (Fsp3) is 0.412. The summed E-state index contributed by atoms with van der Waals surface area (Å²) in [6.07, 6.45) is 0. The summed E-state index contributed by atoms with van der Waals surface area (Å²) in [6, 6.07) is 4.95. The number of amides is 1. The number of hydrogen-bond donors (Lipinski definition) is 0. The second kappa shape index (κ2) is 7.69. The highest BCUT2D eigenvalue weighted by Crippen LogP contribution is 2.21. The van der Waals surface area contributed by atoms with Gasteiger partial charge in [0.05, 0.1) is 20.8 Å². The maximum atomic E-state index is 13.4. The zero-order chi connectivity index (χ0) is 19.8. The van der Waals surface area contributed by atoms with Crippen LogP contribution < -0.4 is 0 Å². The molecule has 10 heteroatoms. The van der Waals surface area contributed by atoms with Crippen LogP contribution in [0.4, 0.5) is 4.39 Å². The lowest BCUT2D eigenvalue weighted by atomic mass is 10.3. The van der Waals surface area contributed by atoms with Crippen LogP contribution in [0.25, 0.3) is 0 Å². The van der Waals surface area contributed by atoms with E-state index < -0.39 is 15.8 Å². The lowest BCUT2D eigenvalue weighted by molar-refractivity contribution is -0.133. The molecule has 0 saturated carbocycles. The van der Waals surface area contributed by atoms with Gasteiger partial charge >= 0.3 is 0 Å². The normalized spacial score (nSPS) is 15.9. The van der Waals surface area contributed by atoms with Gasteiger partial charge in [-0.05, 0) is 48.0 Å². The number of benzene rings is 1. The van der Waals surface area contributed by atoms with E-state index in [1.165, 1.54) is 22.5 Å². The third-order valence-electron chi connectivity index (χ3n) is 4.60. The summed E-state index contributed by atoms with van der Waals surface area (Å²) in [5.74, 6) is -0.711. The lowest BCUT2D eigenvalue weighted by Crippen LogP contribution is -2.51. The van der Waals surface area contributed by atoms with Crippen LogP contribution >= 0.6 is 15.9 Å². The van der Waals surface area contributed by atoms with E-state index in [-0.39, 0.29) is 43.5 Å². The molecule has 1 saturated heterocycles. The first-order valence-electron chi connectivity index (χ1n) is 8.43. The summed E-state index contributed by atoms with van der Waals surface area (Å²) in [5.41, 5.74) is 1.68. The number of nitrogens with zero attached hydrogens (tertiary/aromatic N) is 4. The Morgan fingerprint density at radius 2 is 1.89 bits per heavy atom. The predicted octanol–water partition coefficient (Wildman–Crippen LogP) is 1.93. The standard InChI is InChI=1S/C17H20BrFN4O3S/c1-12-17(18)13(2)23(20-12)11-16(24)21-6-8-22(9-7-21)27(25,26)15-5-3-4-14(19)10-15/h3-5,10H,6-9,11H2,1-2H3. The molecule has 27 heavy (non-hydrogen) atoms. The van der Waals surface area contributed by atoms with Crippen LogP contribution in [0.3, 0.4) is 0 Å². The van der Waals surface area contributed by atoms with Crippen molar-refractivity contribution in [2.45, 2.75) is 25.3 Å². The van der Waals surface area contributed by atoms with Gasteiger partial charge in [-0.15, -0.1) is 0 Å². The highest BCUT2D eigenvalue weighted by Gasteiger charge is 2.30. The minimum absolute atomic E-state index is 0.0743. The number of carbonyl (C=O) groups is 1. The maximum absolute atomic E-state index is 13.4. The van der Waals surface area contributed by atoms with Crippen molar-refractivity contribution in [3.05, 3.63) is 45.9 Å². The van der Waals surface area contributed by atoms with Crippen LogP contribution in [-0.4, -0.2) is 59.5 Å². The van der Waals surface area contributed by atoms with Crippen molar-refractivity contribution in [1.29, 1.82) is 0 Å². The number of sulfonamides is 1. The minimum Gasteiger partial charge on any atom is -0.338 e. The molecule has 0 atom stereocenters. The molecule has 2 heterocycles. The zero-order valence-corrected chi connectivity index (χ0v) is 17.4. The lowest BCUT2D eigenvalue weighted by Gasteiger charge is -2.34. The van der Waals surface area contributed by atoms with Gasteiger partial charge in [-0.2, -0.15) is 9.40 Å². The monoisotopic (exact) mass is 458 g/mol. The maximum Gasteiger partial charge on any atom is 0.244 e. The van der Waals surface area contributed by atoms with Crippen LogP contribution in [0.15, 0.2) is 33.6 Å². The molecule has 0 aliphatic carbocycles. The van der Waals surface area contributed by atoms with Crippen LogP contribution in [0.5, 0.6) is 0 Å². The molecule has 0 N–H and O–H groups in total. The quantitative estimate of drug-likeness (QED) is 0.701. The first-order valence-corrected chi connectivity index (χ1v) is 10.7. The van der Waals surface area contributed by atoms with Crippen molar-refractivity contribution in [3.8, 4) is 0 Å². The van der Waals surface area contributed by atoms with Gasteiger partial charge in [0.2, 0.25) is 15.9 Å². The van der Waals surface area contributed by atoms with Crippen molar-refractivity contribution in [2.24, 2.45) is 0 Å². The molecule has 146 valence electrons. The fourth-order valence-corrected chi connectivity index (χ4v) is 4.75. The van der Waals surface area contributed by atoms with Gasteiger partial charge in [-0.1, -0.05) is 6.07 Å². The SMILES string of the molecule is Cc1nn(CC(=O)N2CCN(S(=O)(=O)c3cccc(F)c3)CC2)c(C)c1Br. The van der Waals surface area contributed by atoms with Gasteiger partial charge in [0.1, 0.15) is 12.4 Å². The second-order valence-corrected chi connectivity index (χ2v) is 9.12. The molecule has 0 spiro atoms. The Kier molecular flexibility index (Phi) is 5.68. The summed E-state index contributed by atoms with van der Waals surface area (Å²) in [7, 11) is -3.77. The largest absolute Gasteiger partial charge is 0.338 e. The number of piperazine rings is 1. The average molecular weight is 459 g/mol. The first-order chi connectivity index (χ1) is 12.7. The topological polar surface area (TPSA) is 75.5 Å². The number of rotatable bonds is 4. The number of halogens is 2. The zero-order valence-electron chi connectivity index (χ0n) is 15.0. The van der Waals surface area contributed by atoms with Crippen molar-refractivity contribution in [1.82, 2.24) is 19.0 Å². The third kappa shape index (κ3) is 4.07. The Hall–Kier alpha value is -1.78. The van der Waals surface area contributed by atoms with Gasteiger partial charge in [0.15, 0.2) is 0 Å². The first kappa shape index (κ1) is 20.0. The highest BCUT2D eigenvalue weighted by molar-refractivity contribution is 9.10. The Morgan fingerprint density at radius 3 is 2.44 bits per heavy atom. The molecule has 7 nitrogen and oxygen atoms in total. The van der Waals surface area contributed by atoms with Crippen LogP contribution in [-0.2, 0) is 21.4 Å². The van der Waals surface area contributed by atoms with Crippen molar-refractivity contribution in [2.75, 3.05) is 26.2 Å². The van der Waals surface area contributed by atoms with Gasteiger partial charge in [-0.3, -0.25) is 9.48 Å². The van der Waals surface area contributed by atoms with E-state index in [4.69, 9.17) is 0 Å². The summed E-state index contributed by atoms with van der Waals surface area (Å²) in [4.78, 5) is 14.1. The molecule has 0 radical (unpaired) electrons. The Labute approximate surface area is 165 Å². The van der Waals surface area contributed by atoms with Gasteiger partial charge in [-0.25, -0.2) is 12.8 Å². The van der Waals surface area contributed by atoms with Crippen molar-refractivity contribution < 1.29 is 17.6 Å². The molecule has 3 rings (SSSR count). The minimum atomic E-state index is -3.77. The molecule has 2 aromatic rings. The molecule has 0 bridgehead atoms. The van der Waals surface area contributed by atoms with Crippen LogP contribution in [0.1, 0.15) is 11.4 Å². The third-order valence-corrected chi connectivity index (χ3v) is 7.65. The number of aromatic nitrogens is 2. The number of carbonyl (C=O) groups excluding carboxylic acids is 1. The van der Waals surface area contributed by atoms with Gasteiger partial charge < -0.3 is 4.90 Å². The Bertz CT molecular complexity index is 969. The smallest absolute Gasteiger partial charge is 0.244 e. The van der Waals surface area contributed by atoms with Crippen molar-refractivity contribution >= 4 is 31.9 Å². The fourth-order valence-electron chi connectivity index (χ4n) is 3.01. The molecule has 1 aromatic carbocycles. The summed E-state index contributed by atoms with van der Waals surface area (Å²) in [6.45, 7) is 4.75. The molecular weight excluding hydrogens is 439 g/mol. The molecule has 1 aromatic heterocycles. The highest BCUT2D eigenvalue weighted by atomic mass is 79.9. The Balaban J connectivity index is 1.64. The van der Waals surface area contributed by atoms with E-state index in [1.54, 1.807) is 9.58 Å². The molecule has 1 aliphatic heterocycles. The molecule has 0 unspecified atom stereocenters. The van der Waals surface area contributed by atoms with E-state index >= 15 is 0 Å². The van der Waals surface area contributed by atoms with E-state index in [0.29, 0.717) is 0 Å².